The lowest BCUT2D eigenvalue weighted by Gasteiger charge is -2.08. The third kappa shape index (κ3) is 5.43. The number of nitrogens with one attached hydrogen (secondary N) is 1. The first kappa shape index (κ1) is 18.2. The molecule has 3 aromatic rings. The molecule has 0 saturated carbocycles. The summed E-state index contributed by atoms with van der Waals surface area (Å²) in [7, 11) is 0. The van der Waals surface area contributed by atoms with Gasteiger partial charge in [0, 0.05) is 11.8 Å². The molecule has 0 unspecified atom stereocenters. The van der Waals surface area contributed by atoms with Crippen LogP contribution < -0.4 is 10.1 Å². The zero-order chi connectivity index (χ0) is 19.1. The van der Waals surface area contributed by atoms with Crippen molar-refractivity contribution in [3.63, 3.8) is 0 Å². The van der Waals surface area contributed by atoms with E-state index >= 15 is 0 Å². The highest BCUT2D eigenvalue weighted by atomic mass is 16.6. The number of nitrogens with zero attached hydrogens (tertiary/aromatic N) is 1. The van der Waals surface area contributed by atoms with Crippen molar-refractivity contribution in [2.75, 3.05) is 11.9 Å². The fourth-order valence-electron chi connectivity index (χ4n) is 2.23. The van der Waals surface area contributed by atoms with E-state index in [0.29, 0.717) is 23.7 Å². The zero-order valence-corrected chi connectivity index (χ0v) is 14.7. The molecule has 1 N–H and O–H groups in total. The largest absolute Gasteiger partial charge is 0.489 e. The molecule has 0 bridgehead atoms. The van der Waals surface area contributed by atoms with Crippen LogP contribution in [0.2, 0.25) is 0 Å². The molecule has 7 nitrogen and oxygen atoms in total. The summed E-state index contributed by atoms with van der Waals surface area (Å²) in [6.45, 7) is 1.72. The van der Waals surface area contributed by atoms with Gasteiger partial charge in [-0.1, -0.05) is 35.5 Å². The maximum atomic E-state index is 11.9. The van der Waals surface area contributed by atoms with E-state index in [0.717, 1.165) is 5.56 Å². The number of esters is 1. The molecule has 0 aliphatic heterocycles. The topological polar surface area (TPSA) is 90.7 Å². The SMILES string of the molecule is Cc1cc(C(=O)OCC(=O)Nc2ccc(OCc3ccccc3)cc2)on1. The number of carbonyl (C=O) groups excluding carboxylic acids is 2. The van der Waals surface area contributed by atoms with E-state index in [2.05, 4.69) is 10.5 Å². The van der Waals surface area contributed by atoms with Crippen LogP contribution in [0.15, 0.2) is 65.2 Å². The Hall–Kier alpha value is -3.61. The van der Waals surface area contributed by atoms with E-state index in [1.807, 2.05) is 30.3 Å². The average Bonchev–Trinajstić information content (AvgIpc) is 3.13. The number of hydrogen-bond acceptors (Lipinski definition) is 6. The first-order chi connectivity index (χ1) is 13.1. The van der Waals surface area contributed by atoms with Crippen LogP contribution in [-0.2, 0) is 16.1 Å². The standard InChI is InChI=1S/C20H18N2O5/c1-14-11-18(27-22-14)20(24)26-13-19(23)21-16-7-9-17(10-8-16)25-12-15-5-3-2-4-6-15/h2-11H,12-13H2,1H3,(H,21,23). The van der Waals surface area contributed by atoms with Gasteiger partial charge in [0.05, 0.1) is 5.69 Å². The van der Waals surface area contributed by atoms with Crippen LogP contribution in [0.5, 0.6) is 5.75 Å². The number of benzene rings is 2. The van der Waals surface area contributed by atoms with Gasteiger partial charge >= 0.3 is 5.97 Å². The van der Waals surface area contributed by atoms with Gasteiger partial charge < -0.3 is 19.3 Å². The highest BCUT2D eigenvalue weighted by molar-refractivity contribution is 5.94. The Morgan fingerprint density at radius 1 is 1.07 bits per heavy atom. The highest BCUT2D eigenvalue weighted by Crippen LogP contribution is 2.17. The van der Waals surface area contributed by atoms with Gasteiger partial charge in [-0.3, -0.25) is 4.79 Å². The van der Waals surface area contributed by atoms with E-state index < -0.39 is 18.5 Å². The molecular formula is C20H18N2O5. The minimum atomic E-state index is -0.740. The monoisotopic (exact) mass is 366 g/mol. The number of ether oxygens (including phenoxy) is 2. The van der Waals surface area contributed by atoms with E-state index in [-0.39, 0.29) is 5.76 Å². The zero-order valence-electron chi connectivity index (χ0n) is 14.7. The van der Waals surface area contributed by atoms with Gasteiger partial charge in [0.2, 0.25) is 5.76 Å². The lowest BCUT2D eigenvalue weighted by atomic mass is 10.2. The minimum Gasteiger partial charge on any atom is -0.489 e. The van der Waals surface area contributed by atoms with Crippen molar-refractivity contribution >= 4 is 17.6 Å². The third-order valence-electron chi connectivity index (χ3n) is 3.55. The number of aromatic nitrogens is 1. The second-order valence-electron chi connectivity index (χ2n) is 5.76. The van der Waals surface area contributed by atoms with Gasteiger partial charge in [-0.2, -0.15) is 0 Å². The van der Waals surface area contributed by atoms with Gasteiger partial charge in [0.25, 0.3) is 5.91 Å². The Kier molecular flexibility index (Phi) is 5.84. The fourth-order valence-corrected chi connectivity index (χ4v) is 2.23. The van der Waals surface area contributed by atoms with Gasteiger partial charge in [0.1, 0.15) is 12.4 Å². The predicted octanol–water partition coefficient (Wildman–Crippen LogP) is 3.36. The normalized spacial score (nSPS) is 10.3. The quantitative estimate of drug-likeness (QED) is 0.645. The Morgan fingerprint density at radius 2 is 1.81 bits per heavy atom. The molecule has 0 radical (unpaired) electrons. The molecule has 27 heavy (non-hydrogen) atoms. The Balaban J connectivity index is 1.44. The van der Waals surface area contributed by atoms with Crippen molar-refractivity contribution in [1.82, 2.24) is 5.16 Å². The summed E-state index contributed by atoms with van der Waals surface area (Å²) in [5, 5.41) is 6.22. The van der Waals surface area contributed by atoms with Crippen LogP contribution in [0.4, 0.5) is 5.69 Å². The van der Waals surface area contributed by atoms with Crippen molar-refractivity contribution in [2.24, 2.45) is 0 Å². The van der Waals surface area contributed by atoms with Gasteiger partial charge in [-0.05, 0) is 36.8 Å². The summed E-state index contributed by atoms with van der Waals surface area (Å²) in [4.78, 5) is 23.6. The lowest BCUT2D eigenvalue weighted by molar-refractivity contribution is -0.119. The first-order valence-electron chi connectivity index (χ1n) is 8.27. The Labute approximate surface area is 155 Å². The molecule has 1 aromatic heterocycles. The van der Waals surface area contributed by atoms with Crippen LogP contribution in [-0.4, -0.2) is 23.6 Å². The molecule has 7 heteroatoms. The van der Waals surface area contributed by atoms with Crippen LogP contribution in [0.3, 0.4) is 0 Å². The minimum absolute atomic E-state index is 0.0415. The van der Waals surface area contributed by atoms with Crippen molar-refractivity contribution in [1.29, 1.82) is 0 Å². The molecule has 0 aliphatic carbocycles. The number of rotatable bonds is 7. The maximum absolute atomic E-state index is 11.9. The van der Waals surface area contributed by atoms with Crippen LogP contribution in [0.1, 0.15) is 21.8 Å². The van der Waals surface area contributed by atoms with E-state index in [4.69, 9.17) is 14.0 Å². The Bertz CT molecular complexity index is 904. The molecule has 0 saturated heterocycles. The van der Waals surface area contributed by atoms with Gasteiger partial charge in [-0.25, -0.2) is 4.79 Å². The fraction of sp³-hybridized carbons (Fsp3) is 0.150. The molecule has 2 aromatic carbocycles. The smallest absolute Gasteiger partial charge is 0.377 e. The Morgan fingerprint density at radius 3 is 2.48 bits per heavy atom. The number of carbonyl (C=O) groups is 2. The summed E-state index contributed by atoms with van der Waals surface area (Å²) in [5.41, 5.74) is 2.19. The molecular weight excluding hydrogens is 348 g/mol. The van der Waals surface area contributed by atoms with E-state index in [9.17, 15) is 9.59 Å². The second-order valence-corrected chi connectivity index (χ2v) is 5.76. The van der Waals surface area contributed by atoms with Crippen LogP contribution in [0, 0.1) is 6.92 Å². The van der Waals surface area contributed by atoms with Crippen LogP contribution >= 0.6 is 0 Å². The second kappa shape index (κ2) is 8.66. The maximum Gasteiger partial charge on any atom is 0.377 e. The van der Waals surface area contributed by atoms with Gasteiger partial charge in [-0.15, -0.1) is 0 Å². The van der Waals surface area contributed by atoms with Crippen molar-refractivity contribution in [3.05, 3.63) is 77.7 Å². The van der Waals surface area contributed by atoms with Crippen LogP contribution in [0.25, 0.3) is 0 Å². The summed E-state index contributed by atoms with van der Waals surface area (Å²) in [5.74, 6) is -0.558. The number of amides is 1. The van der Waals surface area contributed by atoms with Crippen molar-refractivity contribution in [2.45, 2.75) is 13.5 Å². The van der Waals surface area contributed by atoms with Gasteiger partial charge in [0.15, 0.2) is 6.61 Å². The first-order valence-corrected chi connectivity index (χ1v) is 8.27. The van der Waals surface area contributed by atoms with E-state index in [1.54, 1.807) is 31.2 Å². The molecule has 138 valence electrons. The average molecular weight is 366 g/mol. The summed E-state index contributed by atoms with van der Waals surface area (Å²) >= 11 is 0. The number of aryl methyl sites for hydroxylation is 1. The van der Waals surface area contributed by atoms with Crippen molar-refractivity contribution < 1.29 is 23.6 Å². The molecule has 3 rings (SSSR count). The summed E-state index contributed by atoms with van der Waals surface area (Å²) < 4.78 is 15.3. The molecule has 0 spiro atoms. The predicted molar refractivity (Wildman–Crippen MR) is 97.4 cm³/mol. The summed E-state index contributed by atoms with van der Waals surface area (Å²) in [6.07, 6.45) is 0. The molecule has 1 heterocycles. The lowest BCUT2D eigenvalue weighted by Crippen LogP contribution is -2.20. The highest BCUT2D eigenvalue weighted by Gasteiger charge is 2.15. The molecule has 0 atom stereocenters. The van der Waals surface area contributed by atoms with Crippen molar-refractivity contribution in [3.8, 4) is 5.75 Å². The molecule has 0 fully saturated rings. The number of anilines is 1. The number of hydrogen-bond donors (Lipinski definition) is 1. The summed E-state index contributed by atoms with van der Waals surface area (Å²) in [6, 6.07) is 18.2. The third-order valence-corrected chi connectivity index (χ3v) is 3.55. The molecule has 1 amide bonds. The van der Waals surface area contributed by atoms with E-state index in [1.165, 1.54) is 6.07 Å². The molecule has 0 aliphatic rings.